The Labute approximate surface area is 122 Å². The second kappa shape index (κ2) is 5.07. The van der Waals surface area contributed by atoms with Crippen molar-refractivity contribution in [2.24, 2.45) is 0 Å². The van der Waals surface area contributed by atoms with E-state index in [4.69, 9.17) is 0 Å². The number of hydrogen-bond donors (Lipinski definition) is 3. The Balaban J connectivity index is 1.48. The second-order valence-corrected chi connectivity index (χ2v) is 5.24. The summed E-state index contributed by atoms with van der Waals surface area (Å²) in [5.41, 5.74) is 4.74. The lowest BCUT2D eigenvalue weighted by molar-refractivity contribution is 0.685. The molecule has 0 atom stereocenters. The Kier molecular flexibility index (Phi) is 2.94. The number of nitrogens with zero attached hydrogens (tertiary/aromatic N) is 1. The maximum absolute atomic E-state index is 4.10. The fraction of sp³-hybridized carbons (Fsp3) is 0.118. The van der Waals surface area contributed by atoms with Crippen molar-refractivity contribution in [2.45, 2.75) is 13.1 Å². The Morgan fingerprint density at radius 3 is 2.81 bits per heavy atom. The SMILES string of the molecule is c1ccc2[nH]c(CNCc3cccc4cn[nH]c34)cc2c1. The van der Waals surface area contributed by atoms with Gasteiger partial charge in [-0.05, 0) is 23.1 Å². The van der Waals surface area contributed by atoms with E-state index in [0.717, 1.165) is 24.0 Å². The van der Waals surface area contributed by atoms with E-state index in [-0.39, 0.29) is 0 Å². The zero-order valence-electron chi connectivity index (χ0n) is 11.6. The second-order valence-electron chi connectivity index (χ2n) is 5.24. The molecule has 4 nitrogen and oxygen atoms in total. The molecule has 0 spiro atoms. The molecule has 2 aromatic heterocycles. The highest BCUT2D eigenvalue weighted by molar-refractivity contribution is 5.81. The average molecular weight is 276 g/mol. The molecule has 0 unspecified atom stereocenters. The fourth-order valence-corrected chi connectivity index (χ4v) is 2.74. The molecule has 104 valence electrons. The van der Waals surface area contributed by atoms with Crippen molar-refractivity contribution in [3.63, 3.8) is 0 Å². The van der Waals surface area contributed by atoms with E-state index in [1.807, 2.05) is 6.20 Å². The Morgan fingerprint density at radius 1 is 0.952 bits per heavy atom. The molecule has 0 bridgehead atoms. The summed E-state index contributed by atoms with van der Waals surface area (Å²) in [6, 6.07) is 16.8. The average Bonchev–Trinajstić information content (AvgIpc) is 3.13. The van der Waals surface area contributed by atoms with Crippen LogP contribution in [-0.4, -0.2) is 15.2 Å². The van der Waals surface area contributed by atoms with Crippen LogP contribution in [-0.2, 0) is 13.1 Å². The number of aromatic nitrogens is 3. The van der Waals surface area contributed by atoms with Gasteiger partial charge in [0.05, 0.1) is 11.7 Å². The monoisotopic (exact) mass is 276 g/mol. The molecule has 3 N–H and O–H groups in total. The van der Waals surface area contributed by atoms with Crippen LogP contribution in [0.3, 0.4) is 0 Å². The first kappa shape index (κ1) is 12.2. The van der Waals surface area contributed by atoms with Crippen molar-refractivity contribution >= 4 is 21.8 Å². The molecule has 0 radical (unpaired) electrons. The molecular weight excluding hydrogens is 260 g/mol. The van der Waals surface area contributed by atoms with Crippen LogP contribution >= 0.6 is 0 Å². The molecule has 21 heavy (non-hydrogen) atoms. The van der Waals surface area contributed by atoms with Crippen LogP contribution in [0.5, 0.6) is 0 Å². The number of para-hydroxylation sites is 2. The molecule has 0 aliphatic rings. The standard InChI is InChI=1S/C17H16N4/c1-2-7-16-12(4-1)8-15(20-16)11-18-9-13-5-3-6-14-10-19-21-17(13)14/h1-8,10,18,20H,9,11H2,(H,19,21). The summed E-state index contributed by atoms with van der Waals surface area (Å²) in [6.07, 6.45) is 1.86. The number of benzene rings is 2. The predicted octanol–water partition coefficient (Wildman–Crippen LogP) is 3.33. The molecule has 0 amide bonds. The zero-order valence-corrected chi connectivity index (χ0v) is 11.6. The molecule has 0 aliphatic carbocycles. The first-order valence-corrected chi connectivity index (χ1v) is 7.08. The summed E-state index contributed by atoms with van der Waals surface area (Å²) in [7, 11) is 0. The van der Waals surface area contributed by atoms with Crippen molar-refractivity contribution < 1.29 is 0 Å². The highest BCUT2D eigenvalue weighted by Crippen LogP contribution is 2.16. The van der Waals surface area contributed by atoms with Gasteiger partial charge in [0, 0.05) is 29.7 Å². The van der Waals surface area contributed by atoms with Crippen molar-refractivity contribution in [3.05, 3.63) is 66.0 Å². The van der Waals surface area contributed by atoms with Gasteiger partial charge in [0.25, 0.3) is 0 Å². The number of rotatable bonds is 4. The Bertz CT molecular complexity index is 855. The van der Waals surface area contributed by atoms with Gasteiger partial charge < -0.3 is 10.3 Å². The topological polar surface area (TPSA) is 56.5 Å². The summed E-state index contributed by atoms with van der Waals surface area (Å²) in [5.74, 6) is 0. The molecule has 4 aromatic rings. The van der Waals surface area contributed by atoms with Crippen molar-refractivity contribution in [3.8, 4) is 0 Å². The highest BCUT2D eigenvalue weighted by atomic mass is 15.1. The number of aromatic amines is 2. The van der Waals surface area contributed by atoms with Crippen molar-refractivity contribution in [1.29, 1.82) is 0 Å². The maximum Gasteiger partial charge on any atom is 0.0695 e. The lowest BCUT2D eigenvalue weighted by Gasteiger charge is -2.04. The number of hydrogen-bond acceptors (Lipinski definition) is 2. The number of fused-ring (bicyclic) bond motifs is 2. The van der Waals surface area contributed by atoms with Gasteiger partial charge in [-0.25, -0.2) is 0 Å². The van der Waals surface area contributed by atoms with Gasteiger partial charge in [-0.1, -0.05) is 36.4 Å². The lowest BCUT2D eigenvalue weighted by Crippen LogP contribution is -2.13. The van der Waals surface area contributed by atoms with Crippen molar-refractivity contribution in [1.82, 2.24) is 20.5 Å². The van der Waals surface area contributed by atoms with Gasteiger partial charge in [0.1, 0.15) is 0 Å². The van der Waals surface area contributed by atoms with Gasteiger partial charge in [0.15, 0.2) is 0 Å². The van der Waals surface area contributed by atoms with Crippen LogP contribution in [0.1, 0.15) is 11.3 Å². The molecule has 0 aliphatic heterocycles. The van der Waals surface area contributed by atoms with E-state index in [2.05, 4.69) is 69.0 Å². The summed E-state index contributed by atoms with van der Waals surface area (Å²) in [6.45, 7) is 1.63. The van der Waals surface area contributed by atoms with E-state index < -0.39 is 0 Å². The summed E-state index contributed by atoms with van der Waals surface area (Å²) >= 11 is 0. The molecule has 0 saturated heterocycles. The summed E-state index contributed by atoms with van der Waals surface area (Å²) < 4.78 is 0. The first-order chi connectivity index (χ1) is 10.4. The van der Waals surface area contributed by atoms with E-state index in [1.54, 1.807) is 0 Å². The minimum atomic E-state index is 0.814. The number of nitrogens with one attached hydrogen (secondary N) is 3. The van der Waals surface area contributed by atoms with Crippen molar-refractivity contribution in [2.75, 3.05) is 0 Å². The molecule has 4 rings (SSSR count). The van der Waals surface area contributed by atoms with Gasteiger partial charge in [0.2, 0.25) is 0 Å². The van der Waals surface area contributed by atoms with Crippen LogP contribution in [0.4, 0.5) is 0 Å². The fourth-order valence-electron chi connectivity index (χ4n) is 2.74. The molecule has 2 aromatic carbocycles. The quantitative estimate of drug-likeness (QED) is 0.535. The minimum absolute atomic E-state index is 0.814. The first-order valence-electron chi connectivity index (χ1n) is 7.08. The zero-order chi connectivity index (χ0) is 14.1. The van der Waals surface area contributed by atoms with Crippen LogP contribution < -0.4 is 5.32 Å². The van der Waals surface area contributed by atoms with E-state index in [9.17, 15) is 0 Å². The Morgan fingerprint density at radius 2 is 1.86 bits per heavy atom. The largest absolute Gasteiger partial charge is 0.357 e. The predicted molar refractivity (Wildman–Crippen MR) is 84.9 cm³/mol. The molecule has 0 saturated carbocycles. The van der Waals surface area contributed by atoms with Gasteiger partial charge in [-0.2, -0.15) is 5.10 Å². The van der Waals surface area contributed by atoms with Gasteiger partial charge >= 0.3 is 0 Å². The molecule has 2 heterocycles. The van der Waals surface area contributed by atoms with Gasteiger partial charge in [-0.3, -0.25) is 5.10 Å². The third-order valence-electron chi connectivity index (χ3n) is 3.78. The van der Waals surface area contributed by atoms with E-state index in [0.29, 0.717) is 0 Å². The molecular formula is C17H16N4. The van der Waals surface area contributed by atoms with Crippen LogP contribution in [0.15, 0.2) is 54.7 Å². The van der Waals surface area contributed by atoms with Crippen LogP contribution in [0.25, 0.3) is 21.8 Å². The van der Waals surface area contributed by atoms with Crippen LogP contribution in [0, 0.1) is 0 Å². The number of H-pyrrole nitrogens is 2. The summed E-state index contributed by atoms with van der Waals surface area (Å²) in [4.78, 5) is 3.43. The van der Waals surface area contributed by atoms with Crippen LogP contribution in [0.2, 0.25) is 0 Å². The van der Waals surface area contributed by atoms with Gasteiger partial charge in [-0.15, -0.1) is 0 Å². The summed E-state index contributed by atoms with van der Waals surface area (Å²) in [5, 5.41) is 13.0. The highest BCUT2D eigenvalue weighted by Gasteiger charge is 2.03. The maximum atomic E-state index is 4.10. The molecule has 0 fully saturated rings. The third kappa shape index (κ3) is 2.30. The molecule has 4 heteroatoms. The van der Waals surface area contributed by atoms with E-state index >= 15 is 0 Å². The Hall–Kier alpha value is -2.59. The lowest BCUT2D eigenvalue weighted by atomic mass is 10.1. The smallest absolute Gasteiger partial charge is 0.0695 e. The normalized spacial score (nSPS) is 11.4. The van der Waals surface area contributed by atoms with E-state index in [1.165, 1.54) is 22.2 Å². The minimum Gasteiger partial charge on any atom is -0.357 e. The third-order valence-corrected chi connectivity index (χ3v) is 3.78.